The molecule has 7 heteroatoms. The van der Waals surface area contributed by atoms with Gasteiger partial charge in [-0.3, -0.25) is 9.59 Å². The van der Waals surface area contributed by atoms with Crippen LogP contribution in [0.2, 0.25) is 0 Å². The van der Waals surface area contributed by atoms with Gasteiger partial charge in [-0.2, -0.15) is 0 Å². The van der Waals surface area contributed by atoms with Crippen molar-refractivity contribution < 1.29 is 56.6 Å². The van der Waals surface area contributed by atoms with Gasteiger partial charge >= 0.3 is 25.8 Å². The molecule has 0 aromatic carbocycles. The smallest absolute Gasteiger partial charge is 2.00 e. The Morgan fingerprint density at radius 1 is 0.909 bits per heavy atom. The maximum absolute atomic E-state index is 9.00. The monoisotopic (exact) mass is 332 g/mol. The molecule has 0 aliphatic heterocycles. The van der Waals surface area contributed by atoms with E-state index in [9.17, 15) is 0 Å². The quantitative estimate of drug-likeness (QED) is 0.602. The average Bonchev–Trinajstić information content (AvgIpc) is 1.25. The van der Waals surface area contributed by atoms with E-state index in [1.54, 1.807) is 0 Å². The van der Waals surface area contributed by atoms with Crippen molar-refractivity contribution in [3.05, 3.63) is 0 Å². The molecular formula is C4H8HfO6. The van der Waals surface area contributed by atoms with E-state index in [1.165, 1.54) is 0 Å². The summed E-state index contributed by atoms with van der Waals surface area (Å²) < 4.78 is 0. The first kappa shape index (κ1) is 30.9. The third kappa shape index (κ3) is 7980. The summed E-state index contributed by atoms with van der Waals surface area (Å²) in [7, 11) is 0. The molecule has 0 unspecified atom stereocenters. The standard InChI is InChI=1S/2C2H4O2.Hf.2O/c2*1-2(3)4;;;/h2*1H3,(H,3,4);;;/q;;+4;2*-2. The van der Waals surface area contributed by atoms with Crippen molar-refractivity contribution in [3.8, 4) is 0 Å². The van der Waals surface area contributed by atoms with Crippen molar-refractivity contribution in [2.75, 3.05) is 0 Å². The van der Waals surface area contributed by atoms with Crippen molar-refractivity contribution >= 4 is 11.9 Å². The molecule has 0 aromatic rings. The van der Waals surface area contributed by atoms with Gasteiger partial charge in [-0.25, -0.2) is 0 Å². The Hall–Kier alpha value is -0.270. The molecule has 0 heterocycles. The number of carbonyl (C=O) groups is 2. The normalized spacial score (nSPS) is 4.55. The maximum atomic E-state index is 9.00. The van der Waals surface area contributed by atoms with E-state index in [2.05, 4.69) is 0 Å². The van der Waals surface area contributed by atoms with Crippen molar-refractivity contribution in [1.29, 1.82) is 0 Å². The minimum atomic E-state index is -0.833. The van der Waals surface area contributed by atoms with Gasteiger partial charge in [0.2, 0.25) is 0 Å². The third-order valence-corrected chi connectivity index (χ3v) is 0. The number of aliphatic carboxylic acids is 2. The second kappa shape index (κ2) is 22.6. The number of carboxylic acid groups (broad SMARTS) is 2. The zero-order valence-electron chi connectivity index (χ0n) is 6.03. The van der Waals surface area contributed by atoms with Crippen molar-refractivity contribution in [3.63, 3.8) is 0 Å². The Morgan fingerprint density at radius 3 is 0.909 bits per heavy atom. The minimum absolute atomic E-state index is 0. The molecule has 0 rings (SSSR count). The summed E-state index contributed by atoms with van der Waals surface area (Å²) >= 11 is 0. The van der Waals surface area contributed by atoms with Crippen LogP contribution in [0.4, 0.5) is 0 Å². The Labute approximate surface area is 82.6 Å². The van der Waals surface area contributed by atoms with Gasteiger partial charge in [0.25, 0.3) is 11.9 Å². The Bertz CT molecular complexity index is 72.6. The summed E-state index contributed by atoms with van der Waals surface area (Å²) in [5.41, 5.74) is 0. The van der Waals surface area contributed by atoms with Gasteiger partial charge in [0, 0.05) is 13.8 Å². The molecule has 11 heavy (non-hydrogen) atoms. The molecule has 0 aliphatic carbocycles. The van der Waals surface area contributed by atoms with Crippen LogP contribution in [0.1, 0.15) is 13.8 Å². The number of hydrogen-bond acceptors (Lipinski definition) is 2. The predicted molar refractivity (Wildman–Crippen MR) is 28.0 cm³/mol. The fraction of sp³-hybridized carbons (Fsp3) is 0.500. The predicted octanol–water partition coefficient (Wildman–Crippen LogP) is -0.0583. The summed E-state index contributed by atoms with van der Waals surface area (Å²) in [6.45, 7) is 2.17. The van der Waals surface area contributed by atoms with Crippen molar-refractivity contribution in [1.82, 2.24) is 0 Å². The topological polar surface area (TPSA) is 132 Å². The molecule has 0 bridgehead atoms. The molecule has 0 saturated carbocycles. The van der Waals surface area contributed by atoms with Gasteiger partial charge in [0.15, 0.2) is 0 Å². The Morgan fingerprint density at radius 2 is 0.909 bits per heavy atom. The van der Waals surface area contributed by atoms with Crippen LogP contribution in [-0.4, -0.2) is 22.2 Å². The molecule has 0 saturated heterocycles. The summed E-state index contributed by atoms with van der Waals surface area (Å²) in [5.74, 6) is -1.67. The van der Waals surface area contributed by atoms with Crippen LogP contribution < -0.4 is 0 Å². The van der Waals surface area contributed by atoms with Crippen LogP contribution in [0.5, 0.6) is 0 Å². The van der Waals surface area contributed by atoms with Crippen LogP contribution in [0.15, 0.2) is 0 Å². The Balaban J connectivity index is -0.0000000171. The summed E-state index contributed by atoms with van der Waals surface area (Å²) in [4.78, 5) is 18.0. The maximum Gasteiger partial charge on any atom is 4.00 e. The van der Waals surface area contributed by atoms with Gasteiger partial charge < -0.3 is 21.2 Å². The molecule has 2 N–H and O–H groups in total. The molecule has 0 aliphatic rings. The fourth-order valence-electron chi connectivity index (χ4n) is 0. The summed E-state index contributed by atoms with van der Waals surface area (Å²) in [5, 5.41) is 14.8. The van der Waals surface area contributed by atoms with E-state index in [0.29, 0.717) is 0 Å². The first-order chi connectivity index (χ1) is 3.46. The molecule has 0 amide bonds. The van der Waals surface area contributed by atoms with Gasteiger partial charge in [-0.05, 0) is 0 Å². The molecular weight excluding hydrogens is 323 g/mol. The van der Waals surface area contributed by atoms with Crippen LogP contribution in [0, 0.1) is 0 Å². The molecule has 0 aromatic heterocycles. The third-order valence-electron chi connectivity index (χ3n) is 0. The second-order valence-corrected chi connectivity index (χ2v) is 1.04. The summed E-state index contributed by atoms with van der Waals surface area (Å²) in [6, 6.07) is 0. The molecule has 0 atom stereocenters. The minimum Gasteiger partial charge on any atom is -2.00 e. The van der Waals surface area contributed by atoms with Gasteiger partial charge in [0.1, 0.15) is 0 Å². The fourth-order valence-corrected chi connectivity index (χ4v) is 0. The number of carboxylic acids is 2. The van der Waals surface area contributed by atoms with Crippen LogP contribution >= 0.6 is 0 Å². The van der Waals surface area contributed by atoms with Crippen LogP contribution in [0.25, 0.3) is 0 Å². The number of hydrogen-bond donors (Lipinski definition) is 2. The van der Waals surface area contributed by atoms with Gasteiger partial charge in [0.05, 0.1) is 0 Å². The van der Waals surface area contributed by atoms with Crippen LogP contribution in [-0.2, 0) is 46.4 Å². The zero-order valence-corrected chi connectivity index (χ0v) is 9.62. The van der Waals surface area contributed by atoms with E-state index in [4.69, 9.17) is 19.8 Å². The number of rotatable bonds is 0. The molecule has 0 fully saturated rings. The zero-order chi connectivity index (χ0) is 7.15. The second-order valence-electron chi connectivity index (χ2n) is 1.04. The van der Waals surface area contributed by atoms with E-state index in [1.807, 2.05) is 0 Å². The van der Waals surface area contributed by atoms with E-state index < -0.39 is 11.9 Å². The molecule has 0 radical (unpaired) electrons. The molecule has 0 spiro atoms. The van der Waals surface area contributed by atoms with E-state index in [0.717, 1.165) is 13.8 Å². The van der Waals surface area contributed by atoms with E-state index >= 15 is 0 Å². The van der Waals surface area contributed by atoms with Crippen molar-refractivity contribution in [2.45, 2.75) is 13.8 Å². The largest absolute Gasteiger partial charge is 4.00 e. The van der Waals surface area contributed by atoms with Crippen molar-refractivity contribution in [2.24, 2.45) is 0 Å². The average molecular weight is 331 g/mol. The molecule has 6 nitrogen and oxygen atoms in total. The van der Waals surface area contributed by atoms with Crippen LogP contribution in [0.3, 0.4) is 0 Å². The first-order valence-electron chi connectivity index (χ1n) is 1.86. The van der Waals surface area contributed by atoms with E-state index in [-0.39, 0.29) is 36.8 Å². The first-order valence-corrected chi connectivity index (χ1v) is 1.86. The summed E-state index contributed by atoms with van der Waals surface area (Å²) in [6.07, 6.45) is 0. The van der Waals surface area contributed by atoms with Gasteiger partial charge in [-0.15, -0.1) is 0 Å². The molecule has 64 valence electrons. The van der Waals surface area contributed by atoms with Gasteiger partial charge in [-0.1, -0.05) is 0 Å². The Kier molecular flexibility index (Phi) is 63.5. The SMILES string of the molecule is CC(=O)O.CC(=O)O.[Hf+4].[O-2].[O-2].